The molecule has 152 valence electrons. The number of carbonyl (C=O) groups is 1. The van der Waals surface area contributed by atoms with Crippen molar-refractivity contribution in [1.29, 1.82) is 0 Å². The average Bonchev–Trinajstić information content (AvgIpc) is 3.16. The molecule has 1 amide bonds. The highest BCUT2D eigenvalue weighted by Gasteiger charge is 2.14. The highest BCUT2D eigenvalue weighted by molar-refractivity contribution is 7.90. The molecule has 30 heavy (non-hydrogen) atoms. The molecule has 0 bridgehead atoms. The van der Waals surface area contributed by atoms with Gasteiger partial charge in [-0.2, -0.15) is 0 Å². The number of fused-ring (bicyclic) bond motifs is 1. The van der Waals surface area contributed by atoms with Crippen molar-refractivity contribution in [3.63, 3.8) is 0 Å². The summed E-state index contributed by atoms with van der Waals surface area (Å²) >= 11 is 0. The van der Waals surface area contributed by atoms with Crippen molar-refractivity contribution in [2.45, 2.75) is 11.4 Å². The molecule has 0 aliphatic rings. The topological polar surface area (TPSA) is 81.1 Å². The van der Waals surface area contributed by atoms with Crippen molar-refractivity contribution in [3.05, 3.63) is 90.1 Å². The van der Waals surface area contributed by atoms with Crippen molar-refractivity contribution in [2.24, 2.45) is 0 Å². The van der Waals surface area contributed by atoms with E-state index in [1.807, 2.05) is 4.57 Å². The van der Waals surface area contributed by atoms with Gasteiger partial charge in [-0.25, -0.2) is 12.8 Å². The molecule has 8 heteroatoms. The van der Waals surface area contributed by atoms with Gasteiger partial charge in [0.25, 0.3) is 5.91 Å². The number of amides is 1. The van der Waals surface area contributed by atoms with Gasteiger partial charge in [0, 0.05) is 36.3 Å². The van der Waals surface area contributed by atoms with Crippen molar-refractivity contribution in [3.8, 4) is 5.69 Å². The number of halogens is 1. The van der Waals surface area contributed by atoms with Crippen LogP contribution in [0.1, 0.15) is 15.9 Å². The van der Waals surface area contributed by atoms with Crippen LogP contribution in [0, 0.1) is 5.82 Å². The van der Waals surface area contributed by atoms with Crippen molar-refractivity contribution < 1.29 is 17.6 Å². The normalized spacial score (nSPS) is 11.5. The quantitative estimate of drug-likeness (QED) is 0.533. The fourth-order valence-corrected chi connectivity index (χ4v) is 3.92. The zero-order valence-corrected chi connectivity index (χ0v) is 16.9. The lowest BCUT2D eigenvalue weighted by Crippen LogP contribution is -2.23. The number of pyridine rings is 1. The third-order valence-corrected chi connectivity index (χ3v) is 5.86. The third-order valence-electron chi connectivity index (χ3n) is 4.75. The van der Waals surface area contributed by atoms with E-state index in [4.69, 9.17) is 0 Å². The molecule has 6 nitrogen and oxygen atoms in total. The fraction of sp³-hybridized carbons (Fsp3) is 0.0909. The molecule has 0 aliphatic heterocycles. The van der Waals surface area contributed by atoms with E-state index in [9.17, 15) is 17.6 Å². The zero-order valence-electron chi connectivity index (χ0n) is 16.0. The Hall–Kier alpha value is -3.52. The number of rotatable bonds is 5. The standard InChI is InChI=1S/C22H18FN3O3S/c1-30(28,29)18-4-2-3-15(11-18)12-25-22(27)20-13-24-14-21-19(20)9-10-26(21)17-7-5-16(23)6-8-17/h2-11,13-14H,12H2,1H3,(H,25,27). The van der Waals surface area contributed by atoms with Gasteiger partial charge in [-0.1, -0.05) is 12.1 Å². The Balaban J connectivity index is 1.59. The van der Waals surface area contributed by atoms with E-state index < -0.39 is 9.84 Å². The summed E-state index contributed by atoms with van der Waals surface area (Å²) in [5, 5.41) is 3.52. The van der Waals surface area contributed by atoms with Gasteiger partial charge in [0.2, 0.25) is 0 Å². The van der Waals surface area contributed by atoms with E-state index in [0.717, 1.165) is 11.9 Å². The highest BCUT2D eigenvalue weighted by Crippen LogP contribution is 2.23. The Morgan fingerprint density at radius 3 is 2.60 bits per heavy atom. The molecule has 2 heterocycles. The Morgan fingerprint density at radius 2 is 1.87 bits per heavy atom. The molecule has 0 spiro atoms. The summed E-state index contributed by atoms with van der Waals surface area (Å²) in [5.41, 5.74) is 2.54. The lowest BCUT2D eigenvalue weighted by atomic mass is 10.1. The summed E-state index contributed by atoms with van der Waals surface area (Å²) in [6, 6.07) is 14.3. The van der Waals surface area contributed by atoms with Crippen molar-refractivity contribution >= 4 is 26.6 Å². The molecular formula is C22H18FN3O3S. The van der Waals surface area contributed by atoms with Crippen LogP contribution >= 0.6 is 0 Å². The van der Waals surface area contributed by atoms with E-state index in [2.05, 4.69) is 10.3 Å². The predicted octanol–water partition coefficient (Wildman–Crippen LogP) is 3.50. The molecule has 4 aromatic rings. The lowest BCUT2D eigenvalue weighted by Gasteiger charge is -2.09. The summed E-state index contributed by atoms with van der Waals surface area (Å²) in [4.78, 5) is 17.2. The first-order valence-corrected chi connectivity index (χ1v) is 11.0. The molecule has 0 radical (unpaired) electrons. The van der Waals surface area contributed by atoms with Gasteiger partial charge in [0.05, 0.1) is 22.2 Å². The van der Waals surface area contributed by atoms with Crippen LogP contribution in [0.15, 0.2) is 78.1 Å². The van der Waals surface area contributed by atoms with Crippen LogP contribution in [-0.4, -0.2) is 30.1 Å². The minimum absolute atomic E-state index is 0.178. The molecule has 1 N–H and O–H groups in total. The second-order valence-electron chi connectivity index (χ2n) is 6.88. The van der Waals surface area contributed by atoms with Crippen LogP contribution in [-0.2, 0) is 16.4 Å². The Labute approximate surface area is 172 Å². The van der Waals surface area contributed by atoms with Gasteiger partial charge in [-0.15, -0.1) is 0 Å². The van der Waals surface area contributed by atoms with Crippen LogP contribution in [0.25, 0.3) is 16.6 Å². The maximum absolute atomic E-state index is 13.2. The molecule has 2 aromatic carbocycles. The van der Waals surface area contributed by atoms with E-state index >= 15 is 0 Å². The Kier molecular flexibility index (Phi) is 5.09. The molecule has 0 aliphatic carbocycles. The van der Waals surface area contributed by atoms with E-state index in [-0.39, 0.29) is 23.2 Å². The highest BCUT2D eigenvalue weighted by atomic mass is 32.2. The van der Waals surface area contributed by atoms with Gasteiger partial charge in [0.1, 0.15) is 5.82 Å². The van der Waals surface area contributed by atoms with Gasteiger partial charge in [-0.05, 0) is 48.0 Å². The first-order valence-electron chi connectivity index (χ1n) is 9.11. The molecular weight excluding hydrogens is 405 g/mol. The number of benzene rings is 2. The van der Waals surface area contributed by atoms with Crippen LogP contribution in [0.5, 0.6) is 0 Å². The third kappa shape index (κ3) is 3.95. The van der Waals surface area contributed by atoms with Crippen LogP contribution in [0.3, 0.4) is 0 Å². The molecule has 0 unspecified atom stereocenters. The number of nitrogens with zero attached hydrogens (tertiary/aromatic N) is 2. The maximum atomic E-state index is 13.2. The first kappa shape index (κ1) is 19.8. The summed E-state index contributed by atoms with van der Waals surface area (Å²) in [7, 11) is -3.32. The Bertz CT molecular complexity index is 1350. The molecule has 0 fully saturated rings. The first-order chi connectivity index (χ1) is 14.3. The molecule has 0 atom stereocenters. The predicted molar refractivity (Wildman–Crippen MR) is 112 cm³/mol. The smallest absolute Gasteiger partial charge is 0.253 e. The monoisotopic (exact) mass is 423 g/mol. The lowest BCUT2D eigenvalue weighted by molar-refractivity contribution is 0.0952. The van der Waals surface area contributed by atoms with E-state index in [1.54, 1.807) is 48.8 Å². The SMILES string of the molecule is CS(=O)(=O)c1cccc(CNC(=O)c2cncc3c2ccn3-c2ccc(F)cc2)c1. The largest absolute Gasteiger partial charge is 0.348 e. The van der Waals surface area contributed by atoms with Gasteiger partial charge >= 0.3 is 0 Å². The van der Waals surface area contributed by atoms with Crippen molar-refractivity contribution in [2.75, 3.05) is 6.26 Å². The molecule has 0 saturated carbocycles. The molecule has 2 aromatic heterocycles. The summed E-state index contributed by atoms with van der Waals surface area (Å²) in [6.07, 6.45) is 6.07. The van der Waals surface area contributed by atoms with Crippen molar-refractivity contribution in [1.82, 2.24) is 14.9 Å². The zero-order chi connectivity index (χ0) is 21.3. The van der Waals surface area contributed by atoms with Gasteiger partial charge in [0.15, 0.2) is 9.84 Å². The number of carbonyl (C=O) groups excluding carboxylic acids is 1. The maximum Gasteiger partial charge on any atom is 0.253 e. The number of nitrogens with one attached hydrogen (secondary N) is 1. The summed E-state index contributed by atoms with van der Waals surface area (Å²) < 4.78 is 38.5. The average molecular weight is 423 g/mol. The second kappa shape index (κ2) is 7.72. The number of aromatic nitrogens is 2. The number of sulfone groups is 1. The summed E-state index contributed by atoms with van der Waals surface area (Å²) in [5.74, 6) is -0.650. The summed E-state index contributed by atoms with van der Waals surface area (Å²) in [6.45, 7) is 0.178. The number of hydrogen-bond donors (Lipinski definition) is 1. The fourth-order valence-electron chi connectivity index (χ4n) is 3.23. The minimum atomic E-state index is -3.32. The van der Waals surface area contributed by atoms with Gasteiger partial charge < -0.3 is 9.88 Å². The Morgan fingerprint density at radius 1 is 1.10 bits per heavy atom. The molecule has 0 saturated heterocycles. The second-order valence-corrected chi connectivity index (χ2v) is 8.90. The van der Waals surface area contributed by atoms with E-state index in [0.29, 0.717) is 22.0 Å². The molecule has 4 rings (SSSR count). The minimum Gasteiger partial charge on any atom is -0.348 e. The van der Waals surface area contributed by atoms with Crippen LogP contribution in [0.4, 0.5) is 4.39 Å². The van der Waals surface area contributed by atoms with Crippen LogP contribution < -0.4 is 5.32 Å². The van der Waals surface area contributed by atoms with Crippen LogP contribution in [0.2, 0.25) is 0 Å². The number of hydrogen-bond acceptors (Lipinski definition) is 4. The van der Waals surface area contributed by atoms with Gasteiger partial charge in [-0.3, -0.25) is 9.78 Å². The van der Waals surface area contributed by atoms with E-state index in [1.165, 1.54) is 24.4 Å².